The molecule has 3 heterocycles. The van der Waals surface area contributed by atoms with Gasteiger partial charge in [-0.2, -0.15) is 10.2 Å². The number of aromatic amines is 1. The lowest BCUT2D eigenvalue weighted by molar-refractivity contribution is 0.0787. The molecule has 2 aromatic rings. The molecule has 0 aromatic carbocycles. The Morgan fingerprint density at radius 3 is 2.83 bits per heavy atom. The number of nitrogens with zero attached hydrogens (tertiary/aromatic N) is 4. The van der Waals surface area contributed by atoms with Gasteiger partial charge in [0.05, 0.1) is 11.9 Å². The monoisotopic (exact) mass is 245 g/mol. The van der Waals surface area contributed by atoms with Gasteiger partial charge in [0, 0.05) is 31.9 Å². The van der Waals surface area contributed by atoms with Crippen molar-refractivity contribution in [1.29, 1.82) is 0 Å². The topological polar surface area (TPSA) is 66.8 Å². The third-order valence-electron chi connectivity index (χ3n) is 3.20. The van der Waals surface area contributed by atoms with E-state index < -0.39 is 0 Å². The minimum Gasteiger partial charge on any atom is -0.337 e. The van der Waals surface area contributed by atoms with Crippen molar-refractivity contribution in [2.24, 2.45) is 7.05 Å². The molecular weight excluding hydrogens is 230 g/mol. The van der Waals surface area contributed by atoms with Crippen LogP contribution in [0.2, 0.25) is 0 Å². The molecule has 0 radical (unpaired) electrons. The summed E-state index contributed by atoms with van der Waals surface area (Å²) in [6, 6.07) is 1.79. The summed E-state index contributed by atoms with van der Waals surface area (Å²) in [7, 11) is 1.85. The summed E-state index contributed by atoms with van der Waals surface area (Å²) in [6.45, 7) is 1.69. The second-order valence-corrected chi connectivity index (χ2v) is 4.57. The molecule has 0 unspecified atom stereocenters. The highest BCUT2D eigenvalue weighted by molar-refractivity contribution is 5.93. The molecular formula is C12H15N5O. The summed E-state index contributed by atoms with van der Waals surface area (Å²) in [5.41, 5.74) is 2.22. The molecule has 1 saturated heterocycles. The Kier molecular flexibility index (Phi) is 2.62. The summed E-state index contributed by atoms with van der Waals surface area (Å²) in [6.07, 6.45) is 5.80. The summed E-state index contributed by atoms with van der Waals surface area (Å²) in [5, 5.41) is 11.1. The Morgan fingerprint density at radius 2 is 2.17 bits per heavy atom. The minimum absolute atomic E-state index is 0.0372. The molecule has 94 valence electrons. The fourth-order valence-electron chi connectivity index (χ4n) is 2.22. The Labute approximate surface area is 105 Å². The van der Waals surface area contributed by atoms with Crippen LogP contribution in [0.4, 0.5) is 0 Å². The van der Waals surface area contributed by atoms with Crippen LogP contribution in [-0.4, -0.2) is 43.9 Å². The van der Waals surface area contributed by atoms with Gasteiger partial charge >= 0.3 is 0 Å². The third kappa shape index (κ3) is 1.90. The molecule has 6 heteroatoms. The molecule has 1 amide bonds. The van der Waals surface area contributed by atoms with Crippen LogP contribution in [0, 0.1) is 0 Å². The lowest BCUT2D eigenvalue weighted by Gasteiger charge is -2.12. The number of carbonyl (C=O) groups excluding carboxylic acids is 1. The molecule has 1 aliphatic rings. The van der Waals surface area contributed by atoms with Gasteiger partial charge in [-0.3, -0.25) is 14.6 Å². The maximum atomic E-state index is 12.1. The predicted molar refractivity (Wildman–Crippen MR) is 65.9 cm³/mol. The molecule has 3 rings (SSSR count). The Bertz CT molecular complexity index is 565. The van der Waals surface area contributed by atoms with Gasteiger partial charge in [0.15, 0.2) is 0 Å². The Balaban J connectivity index is 1.82. The van der Waals surface area contributed by atoms with Crippen LogP contribution in [0.25, 0.3) is 11.3 Å². The van der Waals surface area contributed by atoms with E-state index in [-0.39, 0.29) is 5.91 Å². The van der Waals surface area contributed by atoms with Gasteiger partial charge in [0.2, 0.25) is 0 Å². The number of rotatable bonds is 2. The lowest BCUT2D eigenvalue weighted by atomic mass is 10.2. The van der Waals surface area contributed by atoms with E-state index in [1.54, 1.807) is 16.9 Å². The number of hydrogen-bond acceptors (Lipinski definition) is 3. The second-order valence-electron chi connectivity index (χ2n) is 4.57. The summed E-state index contributed by atoms with van der Waals surface area (Å²) in [5.74, 6) is 0.0372. The van der Waals surface area contributed by atoms with Crippen molar-refractivity contribution >= 4 is 5.91 Å². The molecule has 6 nitrogen and oxygen atoms in total. The van der Waals surface area contributed by atoms with Gasteiger partial charge in [0.1, 0.15) is 5.69 Å². The molecule has 1 aliphatic heterocycles. The normalized spacial score (nSPS) is 15.3. The lowest BCUT2D eigenvalue weighted by Crippen LogP contribution is -2.27. The number of aromatic nitrogens is 4. The van der Waals surface area contributed by atoms with Crippen molar-refractivity contribution in [3.05, 3.63) is 24.2 Å². The van der Waals surface area contributed by atoms with E-state index in [0.29, 0.717) is 5.69 Å². The molecule has 0 spiro atoms. The van der Waals surface area contributed by atoms with E-state index in [4.69, 9.17) is 0 Å². The first-order valence-corrected chi connectivity index (χ1v) is 6.08. The first-order chi connectivity index (χ1) is 8.74. The molecule has 1 N–H and O–H groups in total. The molecule has 0 saturated carbocycles. The fraction of sp³-hybridized carbons (Fsp3) is 0.417. The zero-order valence-corrected chi connectivity index (χ0v) is 10.3. The third-order valence-corrected chi connectivity index (χ3v) is 3.20. The summed E-state index contributed by atoms with van der Waals surface area (Å²) in [4.78, 5) is 14.0. The van der Waals surface area contributed by atoms with Crippen LogP contribution in [-0.2, 0) is 7.05 Å². The molecule has 0 bridgehead atoms. The standard InChI is InChI=1S/C12H15N5O/c1-16-8-9(7-13-16)10-6-11(15-14-10)12(18)17-4-2-3-5-17/h6-8H,2-5H2,1H3,(H,14,15). The van der Waals surface area contributed by atoms with Crippen molar-refractivity contribution in [2.75, 3.05) is 13.1 Å². The van der Waals surface area contributed by atoms with E-state index in [1.165, 1.54) is 0 Å². The number of likely N-dealkylation sites (tertiary alicyclic amines) is 1. The fourth-order valence-corrected chi connectivity index (χ4v) is 2.22. The van der Waals surface area contributed by atoms with Crippen molar-refractivity contribution in [3.8, 4) is 11.3 Å². The number of amides is 1. The zero-order chi connectivity index (χ0) is 12.5. The number of aryl methyl sites for hydroxylation is 1. The smallest absolute Gasteiger partial charge is 0.271 e. The van der Waals surface area contributed by atoms with Crippen LogP contribution in [0.5, 0.6) is 0 Å². The number of H-pyrrole nitrogens is 1. The van der Waals surface area contributed by atoms with Crippen LogP contribution in [0.3, 0.4) is 0 Å². The average Bonchev–Trinajstić information content (AvgIpc) is 3.09. The van der Waals surface area contributed by atoms with Gasteiger partial charge in [-0.1, -0.05) is 0 Å². The van der Waals surface area contributed by atoms with Gasteiger partial charge < -0.3 is 4.90 Å². The predicted octanol–water partition coefficient (Wildman–Crippen LogP) is 1.05. The van der Waals surface area contributed by atoms with Gasteiger partial charge in [-0.15, -0.1) is 0 Å². The summed E-state index contributed by atoms with van der Waals surface area (Å²) < 4.78 is 1.71. The molecule has 1 fully saturated rings. The number of hydrogen-bond donors (Lipinski definition) is 1. The maximum Gasteiger partial charge on any atom is 0.271 e. The zero-order valence-electron chi connectivity index (χ0n) is 10.3. The molecule has 2 aromatic heterocycles. The van der Waals surface area contributed by atoms with Gasteiger partial charge in [-0.25, -0.2) is 0 Å². The van der Waals surface area contributed by atoms with E-state index in [2.05, 4.69) is 15.3 Å². The highest BCUT2D eigenvalue weighted by Crippen LogP contribution is 2.18. The van der Waals surface area contributed by atoms with Crippen molar-refractivity contribution in [3.63, 3.8) is 0 Å². The summed E-state index contributed by atoms with van der Waals surface area (Å²) >= 11 is 0. The highest BCUT2D eigenvalue weighted by atomic mass is 16.2. The molecule has 18 heavy (non-hydrogen) atoms. The van der Waals surface area contributed by atoms with Crippen LogP contribution in [0.15, 0.2) is 18.5 Å². The van der Waals surface area contributed by atoms with Crippen molar-refractivity contribution in [1.82, 2.24) is 24.9 Å². The van der Waals surface area contributed by atoms with Gasteiger partial charge in [-0.05, 0) is 18.9 Å². The second kappa shape index (κ2) is 4.29. The van der Waals surface area contributed by atoms with Crippen LogP contribution >= 0.6 is 0 Å². The number of carbonyl (C=O) groups is 1. The van der Waals surface area contributed by atoms with Gasteiger partial charge in [0.25, 0.3) is 5.91 Å². The average molecular weight is 245 g/mol. The Hall–Kier alpha value is -2.11. The molecule has 0 atom stereocenters. The van der Waals surface area contributed by atoms with Crippen LogP contribution in [0.1, 0.15) is 23.3 Å². The van der Waals surface area contributed by atoms with E-state index in [1.807, 2.05) is 18.1 Å². The quantitative estimate of drug-likeness (QED) is 0.859. The van der Waals surface area contributed by atoms with Crippen molar-refractivity contribution < 1.29 is 4.79 Å². The molecule has 0 aliphatic carbocycles. The largest absolute Gasteiger partial charge is 0.337 e. The minimum atomic E-state index is 0.0372. The SMILES string of the molecule is Cn1cc(-c2cc(C(=O)N3CCCC3)[nH]n2)cn1. The maximum absolute atomic E-state index is 12.1. The Morgan fingerprint density at radius 1 is 1.39 bits per heavy atom. The first kappa shape index (κ1) is 11.0. The van der Waals surface area contributed by atoms with Crippen LogP contribution < -0.4 is 0 Å². The van der Waals surface area contributed by atoms with E-state index in [0.717, 1.165) is 37.2 Å². The first-order valence-electron chi connectivity index (χ1n) is 6.08. The number of nitrogens with one attached hydrogen (secondary N) is 1. The van der Waals surface area contributed by atoms with E-state index in [9.17, 15) is 4.79 Å². The van der Waals surface area contributed by atoms with Crippen molar-refractivity contribution in [2.45, 2.75) is 12.8 Å². The van der Waals surface area contributed by atoms with E-state index >= 15 is 0 Å². The highest BCUT2D eigenvalue weighted by Gasteiger charge is 2.21.